The van der Waals surface area contributed by atoms with Crippen LogP contribution in [0.3, 0.4) is 0 Å². The Kier molecular flexibility index (Phi) is 6.62. The Balaban J connectivity index is 1.77. The Hall–Kier alpha value is -1.60. The van der Waals surface area contributed by atoms with Crippen LogP contribution < -0.4 is 15.4 Å². The van der Waals surface area contributed by atoms with Crippen LogP contribution in [0.1, 0.15) is 31.2 Å². The molecule has 6 nitrogen and oxygen atoms in total. The van der Waals surface area contributed by atoms with Crippen LogP contribution in [0.5, 0.6) is 0 Å². The normalized spacial score (nSPS) is 17.2. The highest BCUT2D eigenvalue weighted by atomic mass is 32.2. The molecule has 1 saturated carbocycles. The van der Waals surface area contributed by atoms with E-state index in [1.807, 2.05) is 6.07 Å². The second-order valence-corrected chi connectivity index (χ2v) is 8.21. The van der Waals surface area contributed by atoms with Crippen molar-refractivity contribution in [3.63, 3.8) is 0 Å². The smallest absolute Gasteiger partial charge is 0.208 e. The molecule has 1 aromatic carbocycles. The third-order valence-corrected chi connectivity index (χ3v) is 5.25. The molecule has 1 aliphatic rings. The molecule has 0 radical (unpaired) electrons. The average molecular weight is 353 g/mol. The summed E-state index contributed by atoms with van der Waals surface area (Å²) in [6.07, 6.45) is 5.53. The van der Waals surface area contributed by atoms with Gasteiger partial charge in [-0.05, 0) is 24.8 Å². The lowest BCUT2D eigenvalue weighted by atomic mass is 9.64. The lowest BCUT2D eigenvalue weighted by Crippen LogP contribution is -2.49. The second-order valence-electron chi connectivity index (χ2n) is 6.37. The molecule has 1 fully saturated rings. The quantitative estimate of drug-likeness (QED) is 0.373. The van der Waals surface area contributed by atoms with E-state index in [9.17, 15) is 8.42 Å². The van der Waals surface area contributed by atoms with Crippen molar-refractivity contribution in [3.05, 3.63) is 35.9 Å². The van der Waals surface area contributed by atoms with Crippen LogP contribution in [0, 0.1) is 0 Å². The van der Waals surface area contributed by atoms with E-state index in [1.165, 1.54) is 31.1 Å². The van der Waals surface area contributed by atoms with Gasteiger partial charge >= 0.3 is 0 Å². The minimum absolute atomic E-state index is 0.205. The maximum Gasteiger partial charge on any atom is 0.208 e. The molecule has 2 rings (SSSR count). The van der Waals surface area contributed by atoms with Crippen molar-refractivity contribution in [2.75, 3.05) is 32.9 Å². The number of benzene rings is 1. The zero-order chi connectivity index (χ0) is 17.5. The summed E-state index contributed by atoms with van der Waals surface area (Å²) in [7, 11) is -1.36. The third-order valence-electron chi connectivity index (χ3n) is 4.52. The van der Waals surface area contributed by atoms with Gasteiger partial charge in [-0.1, -0.05) is 36.8 Å². The maximum atomic E-state index is 11.0. The van der Waals surface area contributed by atoms with E-state index < -0.39 is 10.0 Å². The van der Waals surface area contributed by atoms with E-state index in [-0.39, 0.29) is 5.41 Å². The molecule has 0 unspecified atom stereocenters. The van der Waals surface area contributed by atoms with Gasteiger partial charge in [0.05, 0.1) is 6.26 Å². The van der Waals surface area contributed by atoms with E-state index in [1.54, 1.807) is 7.05 Å². The third kappa shape index (κ3) is 5.49. The number of hydrogen-bond acceptors (Lipinski definition) is 3. The highest BCUT2D eigenvalue weighted by Crippen LogP contribution is 2.43. The Morgan fingerprint density at radius 1 is 1.17 bits per heavy atom. The zero-order valence-electron chi connectivity index (χ0n) is 14.5. The summed E-state index contributed by atoms with van der Waals surface area (Å²) in [5, 5.41) is 6.65. The highest BCUT2D eigenvalue weighted by Gasteiger charge is 2.38. The Labute approximate surface area is 145 Å². The fourth-order valence-corrected chi connectivity index (χ4v) is 3.50. The van der Waals surface area contributed by atoms with Gasteiger partial charge in [-0.3, -0.25) is 4.99 Å². The first-order chi connectivity index (χ1) is 11.5. The molecule has 1 aromatic rings. The molecular formula is C17H28N4O2S. The lowest BCUT2D eigenvalue weighted by molar-refractivity contribution is 0.244. The van der Waals surface area contributed by atoms with Gasteiger partial charge in [0, 0.05) is 32.1 Å². The predicted octanol–water partition coefficient (Wildman–Crippen LogP) is 1.21. The molecule has 0 heterocycles. The van der Waals surface area contributed by atoms with Gasteiger partial charge in [-0.25, -0.2) is 13.1 Å². The first kappa shape index (κ1) is 18.7. The minimum Gasteiger partial charge on any atom is -0.356 e. The lowest BCUT2D eigenvalue weighted by Gasteiger charge is -2.43. The molecule has 1 aliphatic carbocycles. The summed E-state index contributed by atoms with van der Waals surface area (Å²) in [5.41, 5.74) is 1.59. The van der Waals surface area contributed by atoms with Crippen molar-refractivity contribution >= 4 is 16.0 Å². The SMILES string of the molecule is CN=C(NCCCNS(C)(=O)=O)NCC1(c2ccccc2)CCC1. The molecule has 0 aromatic heterocycles. The molecule has 0 amide bonds. The van der Waals surface area contributed by atoms with Crippen molar-refractivity contribution in [3.8, 4) is 0 Å². The monoisotopic (exact) mass is 352 g/mol. The Bertz CT molecular complexity index is 640. The van der Waals surface area contributed by atoms with Gasteiger partial charge in [-0.15, -0.1) is 0 Å². The average Bonchev–Trinajstić information content (AvgIpc) is 2.51. The molecule has 134 valence electrons. The summed E-state index contributed by atoms with van der Waals surface area (Å²) in [5.74, 6) is 0.761. The molecular weight excluding hydrogens is 324 g/mol. The number of aliphatic imine (C=N–C) groups is 1. The van der Waals surface area contributed by atoms with Crippen LogP contribution in [0.15, 0.2) is 35.3 Å². The van der Waals surface area contributed by atoms with Gasteiger partial charge in [0.15, 0.2) is 5.96 Å². The largest absolute Gasteiger partial charge is 0.356 e. The molecule has 0 bridgehead atoms. The molecule has 0 atom stereocenters. The van der Waals surface area contributed by atoms with Crippen LogP contribution >= 0.6 is 0 Å². The van der Waals surface area contributed by atoms with Crippen molar-refractivity contribution in [1.82, 2.24) is 15.4 Å². The molecule has 0 saturated heterocycles. The van der Waals surface area contributed by atoms with Crippen LogP contribution in [-0.2, 0) is 15.4 Å². The zero-order valence-corrected chi connectivity index (χ0v) is 15.3. The van der Waals surface area contributed by atoms with E-state index in [0.717, 1.165) is 12.5 Å². The van der Waals surface area contributed by atoms with E-state index in [0.29, 0.717) is 19.5 Å². The van der Waals surface area contributed by atoms with Gasteiger partial charge in [0.25, 0.3) is 0 Å². The number of nitrogens with one attached hydrogen (secondary N) is 3. The van der Waals surface area contributed by atoms with E-state index >= 15 is 0 Å². The number of nitrogens with zero attached hydrogens (tertiary/aromatic N) is 1. The highest BCUT2D eigenvalue weighted by molar-refractivity contribution is 7.88. The summed E-state index contributed by atoms with van der Waals surface area (Å²) >= 11 is 0. The van der Waals surface area contributed by atoms with Crippen LogP contribution in [0.2, 0.25) is 0 Å². The summed E-state index contributed by atoms with van der Waals surface area (Å²) in [6.45, 7) is 1.95. The second kappa shape index (κ2) is 8.48. The first-order valence-electron chi connectivity index (χ1n) is 8.40. The topological polar surface area (TPSA) is 82.6 Å². The number of hydrogen-bond donors (Lipinski definition) is 3. The van der Waals surface area contributed by atoms with E-state index in [2.05, 4.69) is 44.6 Å². The molecule has 0 aliphatic heterocycles. The van der Waals surface area contributed by atoms with Gasteiger partial charge in [0.1, 0.15) is 0 Å². The first-order valence-corrected chi connectivity index (χ1v) is 10.3. The van der Waals surface area contributed by atoms with Gasteiger partial charge < -0.3 is 10.6 Å². The maximum absolute atomic E-state index is 11.0. The number of sulfonamides is 1. The Morgan fingerprint density at radius 3 is 2.42 bits per heavy atom. The van der Waals surface area contributed by atoms with Crippen molar-refractivity contribution in [2.24, 2.45) is 4.99 Å². The summed E-state index contributed by atoms with van der Waals surface area (Å²) in [6, 6.07) is 10.6. The molecule has 3 N–H and O–H groups in total. The summed E-state index contributed by atoms with van der Waals surface area (Å²) < 4.78 is 24.5. The minimum atomic E-state index is -3.11. The van der Waals surface area contributed by atoms with Crippen LogP contribution in [0.25, 0.3) is 0 Å². The van der Waals surface area contributed by atoms with Gasteiger partial charge in [-0.2, -0.15) is 0 Å². The molecule has 0 spiro atoms. The molecule has 24 heavy (non-hydrogen) atoms. The summed E-state index contributed by atoms with van der Waals surface area (Å²) in [4.78, 5) is 4.25. The van der Waals surface area contributed by atoms with Crippen molar-refractivity contribution < 1.29 is 8.42 Å². The van der Waals surface area contributed by atoms with Crippen molar-refractivity contribution in [1.29, 1.82) is 0 Å². The van der Waals surface area contributed by atoms with Crippen LogP contribution in [-0.4, -0.2) is 47.3 Å². The van der Waals surface area contributed by atoms with Crippen LogP contribution in [0.4, 0.5) is 0 Å². The van der Waals surface area contributed by atoms with E-state index in [4.69, 9.17) is 0 Å². The standard InChI is InChI=1S/C17H28N4O2S/c1-18-16(19-12-7-13-21-24(2,22)23)20-14-17(10-6-11-17)15-8-4-3-5-9-15/h3-5,8-9,21H,6-7,10-14H2,1-2H3,(H2,18,19,20). The van der Waals surface area contributed by atoms with Crippen molar-refractivity contribution in [2.45, 2.75) is 31.1 Å². The molecule has 7 heteroatoms. The fourth-order valence-electron chi connectivity index (χ4n) is 2.99. The Morgan fingerprint density at radius 2 is 1.88 bits per heavy atom. The number of rotatable bonds is 8. The van der Waals surface area contributed by atoms with Gasteiger partial charge in [0.2, 0.25) is 10.0 Å². The predicted molar refractivity (Wildman–Crippen MR) is 98.8 cm³/mol. The fraction of sp³-hybridized carbons (Fsp3) is 0.588. The number of guanidine groups is 1.